The molecule has 7 heteroatoms. The summed E-state index contributed by atoms with van der Waals surface area (Å²) in [6, 6.07) is 12.2. The molecule has 7 nitrogen and oxygen atoms in total. The molecule has 2 aromatic rings. The molecule has 0 saturated carbocycles. The lowest BCUT2D eigenvalue weighted by Crippen LogP contribution is -2.45. The third kappa shape index (κ3) is 5.16. The molecule has 0 spiro atoms. The molecule has 2 atom stereocenters. The molecule has 0 aromatic heterocycles. The van der Waals surface area contributed by atoms with Gasteiger partial charge in [0.1, 0.15) is 12.1 Å². The van der Waals surface area contributed by atoms with Crippen molar-refractivity contribution in [3.8, 4) is 0 Å². The highest BCUT2D eigenvalue weighted by molar-refractivity contribution is 5.98. The van der Waals surface area contributed by atoms with E-state index in [1.807, 2.05) is 32.9 Å². The summed E-state index contributed by atoms with van der Waals surface area (Å²) in [4.78, 5) is 35.7. The highest BCUT2D eigenvalue weighted by Gasteiger charge is 2.28. The van der Waals surface area contributed by atoms with Crippen molar-refractivity contribution >= 4 is 17.6 Å². The number of benzene rings is 2. The number of nitro benzene ring substituents is 1. The third-order valence-electron chi connectivity index (χ3n) is 4.44. The molecule has 0 bridgehead atoms. The second kappa shape index (κ2) is 9.12. The van der Waals surface area contributed by atoms with Crippen LogP contribution in [0.1, 0.15) is 48.4 Å². The number of carbonyl (C=O) groups excluding carboxylic acids is 2. The van der Waals surface area contributed by atoms with Gasteiger partial charge in [-0.1, -0.05) is 44.2 Å². The highest BCUT2D eigenvalue weighted by atomic mass is 16.6. The molecule has 0 heterocycles. The molecule has 0 radical (unpaired) electrons. The van der Waals surface area contributed by atoms with Crippen LogP contribution in [0.5, 0.6) is 0 Å². The van der Waals surface area contributed by atoms with Gasteiger partial charge in [0.25, 0.3) is 11.6 Å². The Balaban J connectivity index is 2.12. The van der Waals surface area contributed by atoms with Crippen LogP contribution < -0.4 is 5.32 Å². The van der Waals surface area contributed by atoms with E-state index in [0.717, 1.165) is 5.56 Å². The van der Waals surface area contributed by atoms with Crippen LogP contribution in [0, 0.1) is 23.0 Å². The van der Waals surface area contributed by atoms with Gasteiger partial charge < -0.3 is 10.1 Å². The molecule has 0 aliphatic carbocycles. The fraction of sp³-hybridized carbons (Fsp3) is 0.333. The van der Waals surface area contributed by atoms with Gasteiger partial charge in [-0.2, -0.15) is 0 Å². The number of rotatable bonds is 7. The molecule has 0 saturated heterocycles. The second-order valence-corrected chi connectivity index (χ2v) is 6.94. The van der Waals surface area contributed by atoms with Crippen LogP contribution in [0.4, 0.5) is 5.69 Å². The Hall–Kier alpha value is -3.22. The summed E-state index contributed by atoms with van der Waals surface area (Å²) in [7, 11) is 0. The minimum Gasteiger partial charge on any atom is -0.456 e. The zero-order valence-corrected chi connectivity index (χ0v) is 16.3. The SMILES string of the molecule is Cc1ccccc1C(=O)N[C@H](C(=O)O[C@H](C)c1cccc([N+](=O)[O-])c1)C(C)C. The first-order valence-electron chi connectivity index (χ1n) is 9.02. The van der Waals surface area contributed by atoms with Crippen molar-refractivity contribution in [2.24, 2.45) is 5.92 Å². The minimum atomic E-state index is -0.840. The highest BCUT2D eigenvalue weighted by Crippen LogP contribution is 2.23. The molecule has 0 aliphatic rings. The third-order valence-corrected chi connectivity index (χ3v) is 4.44. The summed E-state index contributed by atoms with van der Waals surface area (Å²) in [5.41, 5.74) is 1.73. The van der Waals surface area contributed by atoms with Crippen molar-refractivity contribution in [3.05, 3.63) is 75.3 Å². The summed E-state index contributed by atoms with van der Waals surface area (Å²) in [5, 5.41) is 13.7. The topological polar surface area (TPSA) is 98.5 Å². The van der Waals surface area contributed by atoms with Gasteiger partial charge in [0.2, 0.25) is 0 Å². The van der Waals surface area contributed by atoms with E-state index < -0.39 is 23.0 Å². The maximum atomic E-state index is 12.7. The van der Waals surface area contributed by atoms with Gasteiger partial charge >= 0.3 is 5.97 Å². The molecule has 1 amide bonds. The number of hydrogen-bond donors (Lipinski definition) is 1. The number of non-ortho nitro benzene ring substituents is 1. The van der Waals surface area contributed by atoms with Crippen molar-refractivity contribution in [2.75, 3.05) is 0 Å². The number of hydrogen-bond acceptors (Lipinski definition) is 5. The second-order valence-electron chi connectivity index (χ2n) is 6.94. The zero-order chi connectivity index (χ0) is 20.8. The van der Waals surface area contributed by atoms with Gasteiger partial charge in [-0.05, 0) is 37.0 Å². The normalized spacial score (nSPS) is 12.9. The van der Waals surface area contributed by atoms with Gasteiger partial charge in [0.15, 0.2) is 0 Å². The average Bonchev–Trinajstić information content (AvgIpc) is 2.65. The zero-order valence-electron chi connectivity index (χ0n) is 16.3. The monoisotopic (exact) mass is 384 g/mol. The average molecular weight is 384 g/mol. The van der Waals surface area contributed by atoms with E-state index in [-0.39, 0.29) is 17.5 Å². The number of nitrogens with zero attached hydrogens (tertiary/aromatic N) is 1. The summed E-state index contributed by atoms with van der Waals surface area (Å²) < 4.78 is 5.49. The molecular formula is C21H24N2O5. The number of aryl methyl sites for hydroxylation is 1. The van der Waals surface area contributed by atoms with Crippen LogP contribution in [0.3, 0.4) is 0 Å². The number of nitrogens with one attached hydrogen (secondary N) is 1. The van der Waals surface area contributed by atoms with Crippen LogP contribution in [0.2, 0.25) is 0 Å². The molecule has 148 valence electrons. The van der Waals surface area contributed by atoms with Gasteiger partial charge in [-0.3, -0.25) is 14.9 Å². The van der Waals surface area contributed by atoms with Crippen LogP contribution in [0.25, 0.3) is 0 Å². The lowest BCUT2D eigenvalue weighted by Gasteiger charge is -2.23. The summed E-state index contributed by atoms with van der Waals surface area (Å²) >= 11 is 0. The summed E-state index contributed by atoms with van der Waals surface area (Å²) in [5.74, 6) is -1.13. The van der Waals surface area contributed by atoms with Crippen LogP contribution in [-0.2, 0) is 9.53 Å². The summed E-state index contributed by atoms with van der Waals surface area (Å²) in [6.07, 6.45) is -0.691. The maximum absolute atomic E-state index is 12.7. The number of esters is 1. The number of nitro groups is 1. The van der Waals surface area contributed by atoms with Crippen molar-refractivity contribution in [1.29, 1.82) is 0 Å². The molecule has 2 aromatic carbocycles. The molecule has 0 unspecified atom stereocenters. The van der Waals surface area contributed by atoms with Crippen molar-refractivity contribution in [3.63, 3.8) is 0 Å². The van der Waals surface area contributed by atoms with Crippen LogP contribution in [0.15, 0.2) is 48.5 Å². The van der Waals surface area contributed by atoms with Crippen molar-refractivity contribution < 1.29 is 19.2 Å². The lowest BCUT2D eigenvalue weighted by molar-refractivity contribution is -0.385. The standard InChI is InChI=1S/C21H24N2O5/c1-13(2)19(22-20(24)18-11-6-5-8-14(18)3)21(25)28-15(4)16-9-7-10-17(12-16)23(26)27/h5-13,15,19H,1-4H3,(H,22,24)/t15-,19+/m1/s1. The molecule has 2 rings (SSSR count). The van der Waals surface area contributed by atoms with Crippen molar-refractivity contribution in [1.82, 2.24) is 5.32 Å². The first kappa shape index (κ1) is 21.1. The van der Waals surface area contributed by atoms with Gasteiger partial charge in [-0.15, -0.1) is 0 Å². The molecule has 0 aliphatic heterocycles. The lowest BCUT2D eigenvalue weighted by atomic mass is 10.0. The Morgan fingerprint density at radius 2 is 1.75 bits per heavy atom. The number of amides is 1. The van der Waals surface area contributed by atoms with E-state index in [0.29, 0.717) is 11.1 Å². The summed E-state index contributed by atoms with van der Waals surface area (Å²) in [6.45, 7) is 7.07. The number of carbonyl (C=O) groups is 2. The number of ether oxygens (including phenoxy) is 1. The Bertz CT molecular complexity index is 879. The van der Waals surface area contributed by atoms with Crippen LogP contribution in [-0.4, -0.2) is 22.8 Å². The Labute approximate surface area is 163 Å². The Morgan fingerprint density at radius 3 is 2.36 bits per heavy atom. The minimum absolute atomic E-state index is 0.0753. The fourth-order valence-corrected chi connectivity index (χ4v) is 2.75. The van der Waals surface area contributed by atoms with E-state index in [2.05, 4.69) is 5.32 Å². The van der Waals surface area contributed by atoms with E-state index in [9.17, 15) is 19.7 Å². The van der Waals surface area contributed by atoms with E-state index in [1.165, 1.54) is 18.2 Å². The molecular weight excluding hydrogens is 360 g/mol. The first-order valence-corrected chi connectivity index (χ1v) is 9.02. The van der Waals surface area contributed by atoms with Crippen LogP contribution >= 0.6 is 0 Å². The predicted octanol–water partition coefficient (Wildman–Crippen LogP) is 3.96. The van der Waals surface area contributed by atoms with E-state index in [4.69, 9.17) is 4.74 Å². The Kier molecular flexibility index (Phi) is 6.87. The largest absolute Gasteiger partial charge is 0.456 e. The first-order chi connectivity index (χ1) is 13.2. The maximum Gasteiger partial charge on any atom is 0.329 e. The predicted molar refractivity (Wildman–Crippen MR) is 105 cm³/mol. The molecule has 0 fully saturated rings. The smallest absolute Gasteiger partial charge is 0.329 e. The van der Waals surface area contributed by atoms with E-state index >= 15 is 0 Å². The van der Waals surface area contributed by atoms with Gasteiger partial charge in [0.05, 0.1) is 4.92 Å². The molecule has 28 heavy (non-hydrogen) atoms. The quantitative estimate of drug-likeness (QED) is 0.442. The van der Waals surface area contributed by atoms with Gasteiger partial charge in [0, 0.05) is 17.7 Å². The van der Waals surface area contributed by atoms with Crippen molar-refractivity contribution in [2.45, 2.75) is 39.8 Å². The Morgan fingerprint density at radius 1 is 1.07 bits per heavy atom. The molecule has 1 N–H and O–H groups in total. The fourth-order valence-electron chi connectivity index (χ4n) is 2.75. The van der Waals surface area contributed by atoms with Gasteiger partial charge in [-0.25, -0.2) is 4.79 Å². The van der Waals surface area contributed by atoms with E-state index in [1.54, 1.807) is 25.1 Å².